The van der Waals surface area contributed by atoms with Crippen LogP contribution in [0.3, 0.4) is 0 Å². The van der Waals surface area contributed by atoms with Gasteiger partial charge in [-0.15, -0.1) is 11.3 Å². The van der Waals surface area contributed by atoms with E-state index in [1.54, 1.807) is 12.4 Å². The molecule has 0 bridgehead atoms. The molecule has 2 aromatic rings. The van der Waals surface area contributed by atoms with E-state index in [-0.39, 0.29) is 11.8 Å². The van der Waals surface area contributed by atoms with Crippen molar-refractivity contribution in [3.8, 4) is 11.3 Å². The number of carbonyl (C=O) groups is 1. The zero-order valence-electron chi connectivity index (χ0n) is 11.0. The van der Waals surface area contributed by atoms with Gasteiger partial charge in [-0.2, -0.15) is 0 Å². The zero-order chi connectivity index (χ0) is 13.8. The molecule has 2 aromatic heterocycles. The topological polar surface area (TPSA) is 66.9 Å². The molecule has 5 nitrogen and oxygen atoms in total. The Balaban J connectivity index is 1.66. The monoisotopic (exact) mass is 288 g/mol. The summed E-state index contributed by atoms with van der Waals surface area (Å²) in [6, 6.07) is 3.82. The first kappa shape index (κ1) is 13.2. The fourth-order valence-corrected chi connectivity index (χ4v) is 3.00. The molecule has 3 heterocycles. The maximum atomic E-state index is 12.1. The highest BCUT2D eigenvalue weighted by Gasteiger charge is 2.21. The summed E-state index contributed by atoms with van der Waals surface area (Å²) in [6.45, 7) is 1.83. The number of hydrogen-bond donors (Lipinski definition) is 2. The predicted molar refractivity (Wildman–Crippen MR) is 79.6 cm³/mol. The summed E-state index contributed by atoms with van der Waals surface area (Å²) in [5.41, 5.74) is 1.89. The summed E-state index contributed by atoms with van der Waals surface area (Å²) in [5.74, 6) is 0.187. The summed E-state index contributed by atoms with van der Waals surface area (Å²) in [6.07, 6.45) is 5.27. The van der Waals surface area contributed by atoms with E-state index in [0.717, 1.165) is 37.2 Å². The number of pyridine rings is 1. The maximum absolute atomic E-state index is 12.1. The first-order chi connectivity index (χ1) is 9.83. The summed E-state index contributed by atoms with van der Waals surface area (Å²) >= 11 is 1.46. The minimum absolute atomic E-state index is 0.0853. The van der Waals surface area contributed by atoms with Crippen LogP contribution in [0.1, 0.15) is 12.8 Å². The average Bonchev–Trinajstić information content (AvgIpc) is 2.97. The summed E-state index contributed by atoms with van der Waals surface area (Å²) in [7, 11) is 0. The van der Waals surface area contributed by atoms with Crippen molar-refractivity contribution in [2.45, 2.75) is 12.8 Å². The van der Waals surface area contributed by atoms with E-state index in [1.165, 1.54) is 11.3 Å². The van der Waals surface area contributed by atoms with E-state index in [4.69, 9.17) is 0 Å². The van der Waals surface area contributed by atoms with Crippen molar-refractivity contribution in [1.29, 1.82) is 0 Å². The number of rotatable bonds is 3. The number of nitrogens with zero attached hydrogens (tertiary/aromatic N) is 2. The second kappa shape index (κ2) is 6.11. The van der Waals surface area contributed by atoms with E-state index in [2.05, 4.69) is 20.6 Å². The first-order valence-electron chi connectivity index (χ1n) is 6.70. The van der Waals surface area contributed by atoms with Crippen LogP contribution in [0.5, 0.6) is 0 Å². The Morgan fingerprint density at radius 3 is 2.80 bits per heavy atom. The van der Waals surface area contributed by atoms with Gasteiger partial charge in [0.2, 0.25) is 5.91 Å². The number of nitrogens with one attached hydrogen (secondary N) is 2. The second-order valence-electron chi connectivity index (χ2n) is 4.79. The van der Waals surface area contributed by atoms with Crippen LogP contribution in [-0.2, 0) is 4.79 Å². The molecule has 1 aliphatic heterocycles. The van der Waals surface area contributed by atoms with Crippen molar-refractivity contribution in [3.63, 3.8) is 0 Å². The highest BCUT2D eigenvalue weighted by molar-refractivity contribution is 7.14. The van der Waals surface area contributed by atoms with E-state index >= 15 is 0 Å². The molecule has 0 spiro atoms. The fourth-order valence-electron chi connectivity index (χ4n) is 2.28. The highest BCUT2D eigenvalue weighted by Crippen LogP contribution is 2.25. The van der Waals surface area contributed by atoms with Crippen molar-refractivity contribution in [2.24, 2.45) is 5.92 Å². The molecule has 0 atom stereocenters. The Labute approximate surface area is 121 Å². The van der Waals surface area contributed by atoms with Crippen LogP contribution in [0.25, 0.3) is 11.3 Å². The summed E-state index contributed by atoms with van der Waals surface area (Å²) in [4.78, 5) is 20.6. The first-order valence-corrected chi connectivity index (χ1v) is 7.58. The highest BCUT2D eigenvalue weighted by atomic mass is 32.1. The molecule has 0 saturated carbocycles. The molecule has 20 heavy (non-hydrogen) atoms. The molecule has 0 aliphatic carbocycles. The van der Waals surface area contributed by atoms with E-state index in [1.807, 2.05) is 17.5 Å². The average molecular weight is 288 g/mol. The summed E-state index contributed by atoms with van der Waals surface area (Å²) < 4.78 is 0. The van der Waals surface area contributed by atoms with Crippen LogP contribution in [0, 0.1) is 5.92 Å². The van der Waals surface area contributed by atoms with Gasteiger partial charge in [0, 0.05) is 29.3 Å². The number of thiazole rings is 1. The Bertz CT molecular complexity index is 578. The Morgan fingerprint density at radius 2 is 2.05 bits per heavy atom. The second-order valence-corrected chi connectivity index (χ2v) is 5.65. The SMILES string of the molecule is O=C(Nc1nc(-c2ccncc2)cs1)C1CCNCC1. The van der Waals surface area contributed by atoms with Gasteiger partial charge in [0.15, 0.2) is 5.13 Å². The maximum Gasteiger partial charge on any atom is 0.229 e. The third-order valence-electron chi connectivity index (χ3n) is 3.42. The third kappa shape index (κ3) is 3.02. The molecular weight excluding hydrogens is 272 g/mol. The lowest BCUT2D eigenvalue weighted by molar-refractivity contribution is -0.120. The van der Waals surface area contributed by atoms with Crippen LogP contribution in [0.2, 0.25) is 0 Å². The molecule has 2 N–H and O–H groups in total. The number of amides is 1. The quantitative estimate of drug-likeness (QED) is 0.908. The van der Waals surface area contributed by atoms with Gasteiger partial charge in [-0.3, -0.25) is 9.78 Å². The van der Waals surface area contributed by atoms with Gasteiger partial charge in [0.1, 0.15) is 0 Å². The van der Waals surface area contributed by atoms with Crippen LogP contribution in [-0.4, -0.2) is 29.0 Å². The molecule has 0 unspecified atom stereocenters. The van der Waals surface area contributed by atoms with Crippen LogP contribution in [0.4, 0.5) is 5.13 Å². The van der Waals surface area contributed by atoms with Crippen LogP contribution < -0.4 is 10.6 Å². The standard InChI is InChI=1S/C14H16N4OS/c19-13(11-3-7-16-8-4-11)18-14-17-12(9-20-14)10-1-5-15-6-2-10/h1-2,5-6,9,11,16H,3-4,7-8H2,(H,17,18,19). The number of carbonyl (C=O) groups excluding carboxylic acids is 1. The van der Waals surface area contributed by atoms with Crippen molar-refractivity contribution >= 4 is 22.4 Å². The smallest absolute Gasteiger partial charge is 0.229 e. The largest absolute Gasteiger partial charge is 0.317 e. The number of aromatic nitrogens is 2. The van der Waals surface area contributed by atoms with E-state index in [9.17, 15) is 4.79 Å². The molecule has 6 heteroatoms. The minimum Gasteiger partial charge on any atom is -0.317 e. The molecule has 1 aliphatic rings. The number of hydrogen-bond acceptors (Lipinski definition) is 5. The Kier molecular flexibility index (Phi) is 4.03. The lowest BCUT2D eigenvalue weighted by Gasteiger charge is -2.20. The van der Waals surface area contributed by atoms with Gasteiger partial charge in [0.05, 0.1) is 5.69 Å². The molecule has 0 aromatic carbocycles. The number of anilines is 1. The fraction of sp³-hybridized carbons (Fsp3) is 0.357. The third-order valence-corrected chi connectivity index (χ3v) is 4.18. The Morgan fingerprint density at radius 1 is 1.30 bits per heavy atom. The van der Waals surface area contributed by atoms with Crippen molar-refractivity contribution < 1.29 is 4.79 Å². The van der Waals surface area contributed by atoms with Gasteiger partial charge in [-0.05, 0) is 38.1 Å². The van der Waals surface area contributed by atoms with E-state index < -0.39 is 0 Å². The van der Waals surface area contributed by atoms with Gasteiger partial charge in [0.25, 0.3) is 0 Å². The van der Waals surface area contributed by atoms with Gasteiger partial charge in [-0.25, -0.2) is 4.98 Å². The zero-order valence-corrected chi connectivity index (χ0v) is 11.8. The van der Waals surface area contributed by atoms with Gasteiger partial charge < -0.3 is 10.6 Å². The lowest BCUT2D eigenvalue weighted by Crippen LogP contribution is -2.34. The van der Waals surface area contributed by atoms with Crippen LogP contribution >= 0.6 is 11.3 Å². The predicted octanol–water partition coefficient (Wildman–Crippen LogP) is 2.14. The normalized spacial score (nSPS) is 16.0. The molecule has 3 rings (SSSR count). The van der Waals surface area contributed by atoms with Crippen molar-refractivity contribution in [1.82, 2.24) is 15.3 Å². The Hall–Kier alpha value is -1.79. The molecule has 1 amide bonds. The van der Waals surface area contributed by atoms with E-state index in [0.29, 0.717) is 5.13 Å². The lowest BCUT2D eigenvalue weighted by atomic mass is 9.97. The molecule has 104 valence electrons. The molecule has 1 saturated heterocycles. The van der Waals surface area contributed by atoms with Crippen LogP contribution in [0.15, 0.2) is 29.9 Å². The molecule has 0 radical (unpaired) electrons. The van der Waals surface area contributed by atoms with Crippen molar-refractivity contribution in [2.75, 3.05) is 18.4 Å². The summed E-state index contributed by atoms with van der Waals surface area (Å²) in [5, 5.41) is 8.81. The van der Waals surface area contributed by atoms with Gasteiger partial charge in [-0.1, -0.05) is 0 Å². The number of piperidine rings is 1. The van der Waals surface area contributed by atoms with Gasteiger partial charge >= 0.3 is 0 Å². The minimum atomic E-state index is 0.0853. The molecule has 1 fully saturated rings. The van der Waals surface area contributed by atoms with Crippen molar-refractivity contribution in [3.05, 3.63) is 29.9 Å². The molecular formula is C14H16N4OS.